The molecule has 0 aliphatic carbocycles. The molecule has 0 saturated heterocycles. The Hall–Kier alpha value is -2.83. The molecule has 2 aromatic rings. The van der Waals surface area contributed by atoms with Crippen molar-refractivity contribution in [3.8, 4) is 0 Å². The van der Waals surface area contributed by atoms with Crippen LogP contribution in [0, 0.1) is 12.8 Å². The van der Waals surface area contributed by atoms with Gasteiger partial charge in [-0.2, -0.15) is 0 Å². The van der Waals surface area contributed by atoms with E-state index in [1.807, 2.05) is 42.8 Å². The van der Waals surface area contributed by atoms with E-state index < -0.39 is 24.0 Å². The van der Waals surface area contributed by atoms with Gasteiger partial charge in [-0.05, 0) is 18.6 Å². The van der Waals surface area contributed by atoms with Crippen molar-refractivity contribution in [1.82, 2.24) is 4.57 Å². The van der Waals surface area contributed by atoms with E-state index in [1.54, 1.807) is 0 Å². The molecule has 1 aromatic carbocycles. The number of fused-ring (bicyclic) bond motifs is 1. The van der Waals surface area contributed by atoms with E-state index in [-0.39, 0.29) is 0 Å². The van der Waals surface area contributed by atoms with Crippen LogP contribution in [0.2, 0.25) is 0 Å². The summed E-state index contributed by atoms with van der Waals surface area (Å²) in [6.45, 7) is 1.94. The zero-order chi connectivity index (χ0) is 17.4. The zero-order valence-corrected chi connectivity index (χ0v) is 13.9. The number of carbonyl (C=O) groups excluding carboxylic acids is 2. The fourth-order valence-corrected chi connectivity index (χ4v) is 3.17. The molecule has 0 radical (unpaired) electrons. The molecule has 126 valence electrons. The molecule has 0 spiro atoms. The Kier molecular flexibility index (Phi) is 4.01. The third kappa shape index (κ3) is 2.24. The minimum absolute atomic E-state index is 0.369. The number of hydrogen-bond acceptors (Lipinski definition) is 6. The van der Waals surface area contributed by atoms with Crippen LogP contribution in [-0.2, 0) is 30.9 Å². The first-order valence-corrected chi connectivity index (χ1v) is 7.45. The lowest BCUT2D eigenvalue weighted by atomic mass is 9.93. The van der Waals surface area contributed by atoms with Crippen molar-refractivity contribution in [3.63, 3.8) is 0 Å². The van der Waals surface area contributed by atoms with E-state index in [0.29, 0.717) is 5.71 Å². The average Bonchev–Trinajstić information content (AvgIpc) is 3.14. The fraction of sp³-hybridized carbons (Fsp3) is 0.353. The molecule has 0 fully saturated rings. The summed E-state index contributed by atoms with van der Waals surface area (Å²) in [4.78, 5) is 29.4. The van der Waals surface area contributed by atoms with E-state index in [0.717, 1.165) is 22.2 Å². The van der Waals surface area contributed by atoms with Gasteiger partial charge in [-0.3, -0.25) is 4.79 Å². The normalized spacial score (nSPS) is 19.8. The van der Waals surface area contributed by atoms with Gasteiger partial charge in [0.15, 0.2) is 5.92 Å². The third-order valence-electron chi connectivity index (χ3n) is 4.35. The molecule has 2 atom stereocenters. The molecule has 0 saturated carbocycles. The molecule has 7 nitrogen and oxygen atoms in total. The molecule has 3 rings (SSSR count). The van der Waals surface area contributed by atoms with E-state index in [1.165, 1.54) is 14.2 Å². The predicted molar refractivity (Wildman–Crippen MR) is 86.6 cm³/mol. The Morgan fingerprint density at radius 3 is 2.46 bits per heavy atom. The second-order valence-corrected chi connectivity index (χ2v) is 5.58. The maximum atomic E-state index is 12.3. The summed E-state index contributed by atoms with van der Waals surface area (Å²) >= 11 is 0. The summed E-state index contributed by atoms with van der Waals surface area (Å²) < 4.78 is 11.5. The minimum atomic E-state index is -1.14. The quantitative estimate of drug-likeness (QED) is 0.798. The van der Waals surface area contributed by atoms with Crippen molar-refractivity contribution in [2.45, 2.75) is 13.0 Å². The number of para-hydroxylation sites is 1. The number of methoxy groups -OCH3 is 2. The van der Waals surface area contributed by atoms with Crippen molar-refractivity contribution in [2.75, 3.05) is 14.2 Å². The molecule has 1 aliphatic heterocycles. The number of carbonyl (C=O) groups is 2. The highest BCUT2D eigenvalue weighted by Crippen LogP contribution is 2.31. The van der Waals surface area contributed by atoms with Gasteiger partial charge in [-0.1, -0.05) is 23.4 Å². The van der Waals surface area contributed by atoms with Crippen LogP contribution in [0.4, 0.5) is 0 Å². The lowest BCUT2D eigenvalue weighted by Crippen LogP contribution is -2.39. The third-order valence-corrected chi connectivity index (χ3v) is 4.35. The van der Waals surface area contributed by atoms with Crippen molar-refractivity contribution >= 4 is 28.6 Å². The zero-order valence-electron chi connectivity index (χ0n) is 13.9. The van der Waals surface area contributed by atoms with E-state index >= 15 is 0 Å². The second-order valence-electron chi connectivity index (χ2n) is 5.58. The molecule has 0 N–H and O–H groups in total. The molecular weight excluding hydrogens is 312 g/mol. The van der Waals surface area contributed by atoms with E-state index in [2.05, 4.69) is 5.16 Å². The first kappa shape index (κ1) is 16.0. The van der Waals surface area contributed by atoms with Gasteiger partial charge in [0.05, 0.1) is 19.9 Å². The summed E-state index contributed by atoms with van der Waals surface area (Å²) in [5.41, 5.74) is 3.05. The van der Waals surface area contributed by atoms with Gasteiger partial charge in [0.2, 0.25) is 6.10 Å². The molecule has 0 amide bonds. The molecule has 1 aromatic heterocycles. The standard InChI is InChI=1S/C17H18N2O5/c1-9-10-7-5-6-8-11(10)19(2)14(9)13-12(16(20)22-3)15(24-18-13)17(21)23-4/h5-8,12,15H,1-4H3. The molecule has 2 heterocycles. The fourth-order valence-electron chi connectivity index (χ4n) is 3.17. The van der Waals surface area contributed by atoms with Crippen molar-refractivity contribution < 1.29 is 23.9 Å². The number of aryl methyl sites for hydroxylation is 2. The lowest BCUT2D eigenvalue weighted by molar-refractivity contribution is -0.161. The highest BCUT2D eigenvalue weighted by Gasteiger charge is 2.47. The van der Waals surface area contributed by atoms with Gasteiger partial charge < -0.3 is 18.9 Å². The number of esters is 2. The molecule has 2 unspecified atom stereocenters. The summed E-state index contributed by atoms with van der Waals surface area (Å²) in [5, 5.41) is 5.06. The van der Waals surface area contributed by atoms with Crippen LogP contribution in [-0.4, -0.2) is 42.5 Å². The van der Waals surface area contributed by atoms with Crippen LogP contribution >= 0.6 is 0 Å². The maximum absolute atomic E-state index is 12.3. The Morgan fingerprint density at radius 2 is 1.83 bits per heavy atom. The number of hydrogen-bond donors (Lipinski definition) is 0. The van der Waals surface area contributed by atoms with Crippen molar-refractivity contribution in [2.24, 2.45) is 18.1 Å². The number of ether oxygens (including phenoxy) is 2. The van der Waals surface area contributed by atoms with Gasteiger partial charge in [-0.15, -0.1) is 0 Å². The predicted octanol–water partition coefficient (Wildman–Crippen LogP) is 1.55. The number of nitrogens with zero attached hydrogens (tertiary/aromatic N) is 2. The molecule has 1 aliphatic rings. The van der Waals surface area contributed by atoms with Crippen LogP contribution in [0.15, 0.2) is 29.4 Å². The largest absolute Gasteiger partial charge is 0.468 e. The molecular formula is C17H18N2O5. The van der Waals surface area contributed by atoms with Crippen LogP contribution < -0.4 is 0 Å². The van der Waals surface area contributed by atoms with Gasteiger partial charge in [0.25, 0.3) is 0 Å². The van der Waals surface area contributed by atoms with Crippen LogP contribution in [0.1, 0.15) is 11.3 Å². The number of benzene rings is 1. The smallest absolute Gasteiger partial charge is 0.351 e. The minimum Gasteiger partial charge on any atom is -0.468 e. The van der Waals surface area contributed by atoms with Crippen LogP contribution in [0.5, 0.6) is 0 Å². The lowest BCUT2D eigenvalue weighted by Gasteiger charge is -2.15. The number of oxime groups is 1. The van der Waals surface area contributed by atoms with E-state index in [4.69, 9.17) is 14.3 Å². The molecule has 24 heavy (non-hydrogen) atoms. The molecule has 7 heteroatoms. The maximum Gasteiger partial charge on any atom is 0.351 e. The Morgan fingerprint density at radius 1 is 1.17 bits per heavy atom. The van der Waals surface area contributed by atoms with E-state index in [9.17, 15) is 9.59 Å². The summed E-state index contributed by atoms with van der Waals surface area (Å²) in [6, 6.07) is 7.86. The van der Waals surface area contributed by atoms with Crippen LogP contribution in [0.25, 0.3) is 10.9 Å². The first-order valence-electron chi connectivity index (χ1n) is 7.45. The highest BCUT2D eigenvalue weighted by atomic mass is 16.7. The highest BCUT2D eigenvalue weighted by molar-refractivity contribution is 6.17. The number of rotatable bonds is 3. The topological polar surface area (TPSA) is 79.1 Å². The monoisotopic (exact) mass is 330 g/mol. The Bertz CT molecular complexity index is 813. The summed E-state index contributed by atoms with van der Waals surface area (Å²) in [7, 11) is 4.38. The number of aromatic nitrogens is 1. The first-order chi connectivity index (χ1) is 11.5. The average molecular weight is 330 g/mol. The van der Waals surface area contributed by atoms with Gasteiger partial charge >= 0.3 is 11.9 Å². The second kappa shape index (κ2) is 5.99. The van der Waals surface area contributed by atoms with Crippen molar-refractivity contribution in [3.05, 3.63) is 35.5 Å². The Balaban J connectivity index is 2.15. The summed E-state index contributed by atoms with van der Waals surface area (Å²) in [6.07, 6.45) is -1.14. The summed E-state index contributed by atoms with van der Waals surface area (Å²) in [5.74, 6) is -2.23. The SMILES string of the molecule is COC(=O)C1ON=C(c2c(C)c3ccccc3n2C)C1C(=O)OC. The molecule has 0 bridgehead atoms. The van der Waals surface area contributed by atoms with Crippen LogP contribution in [0.3, 0.4) is 0 Å². The van der Waals surface area contributed by atoms with Gasteiger partial charge in [0, 0.05) is 18.0 Å². The van der Waals surface area contributed by atoms with Gasteiger partial charge in [-0.25, -0.2) is 4.79 Å². The Labute approximate surface area is 138 Å². The van der Waals surface area contributed by atoms with Crippen molar-refractivity contribution in [1.29, 1.82) is 0 Å². The van der Waals surface area contributed by atoms with Gasteiger partial charge in [0.1, 0.15) is 5.71 Å².